The summed E-state index contributed by atoms with van der Waals surface area (Å²) in [6, 6.07) is 3.43. The van der Waals surface area contributed by atoms with Crippen molar-refractivity contribution in [3.63, 3.8) is 0 Å². The van der Waals surface area contributed by atoms with Crippen molar-refractivity contribution in [3.05, 3.63) is 26.6 Å². The first-order valence-corrected chi connectivity index (χ1v) is 9.59. The van der Waals surface area contributed by atoms with Gasteiger partial charge in [0.15, 0.2) is 0 Å². The Kier molecular flexibility index (Phi) is 5.84. The Labute approximate surface area is 142 Å². The maximum atomic E-state index is 12.7. The maximum Gasteiger partial charge on any atom is 0.244 e. The van der Waals surface area contributed by atoms with Gasteiger partial charge in [-0.15, -0.1) is 0 Å². The van der Waals surface area contributed by atoms with Gasteiger partial charge >= 0.3 is 0 Å². The van der Waals surface area contributed by atoms with Gasteiger partial charge in [0.25, 0.3) is 0 Å². The van der Waals surface area contributed by atoms with Crippen molar-refractivity contribution < 1.29 is 13.2 Å². The molecule has 1 unspecified atom stereocenters. The summed E-state index contributed by atoms with van der Waals surface area (Å²) in [6.45, 7) is 4.32. The molecule has 1 atom stereocenters. The predicted octanol–water partition coefficient (Wildman–Crippen LogP) is 2.13. The Morgan fingerprint density at radius 3 is 2.71 bits per heavy atom. The molecule has 1 fully saturated rings. The summed E-state index contributed by atoms with van der Waals surface area (Å²) < 4.78 is 33.6. The molecule has 1 heterocycles. The lowest BCUT2D eigenvalue weighted by Gasteiger charge is -2.28. The van der Waals surface area contributed by atoms with Gasteiger partial charge in [-0.2, -0.15) is 4.31 Å². The number of halogens is 2. The number of hydrogen-bond acceptors (Lipinski definition) is 4. The van der Waals surface area contributed by atoms with E-state index in [0.717, 1.165) is 16.6 Å². The molecule has 2 rings (SSSR count). The van der Waals surface area contributed by atoms with Crippen LogP contribution >= 0.6 is 31.9 Å². The molecule has 1 aromatic carbocycles. The fraction of sp³-hybridized carbons (Fsp3) is 0.538. The molecule has 0 aliphatic carbocycles. The van der Waals surface area contributed by atoms with E-state index >= 15 is 0 Å². The van der Waals surface area contributed by atoms with E-state index in [0.29, 0.717) is 24.2 Å². The minimum Gasteiger partial charge on any atom is -0.374 e. The molecule has 0 radical (unpaired) electrons. The van der Waals surface area contributed by atoms with E-state index in [1.165, 1.54) is 4.31 Å². The van der Waals surface area contributed by atoms with Gasteiger partial charge in [-0.05, 0) is 40.5 Å². The minimum atomic E-state index is -3.56. The number of ether oxygens (including phenoxy) is 1. The van der Waals surface area contributed by atoms with Crippen LogP contribution in [0, 0.1) is 6.92 Å². The highest BCUT2D eigenvalue weighted by Crippen LogP contribution is 2.30. The molecule has 5 nitrogen and oxygen atoms in total. The van der Waals surface area contributed by atoms with Gasteiger partial charge in [0.05, 0.1) is 17.6 Å². The summed E-state index contributed by atoms with van der Waals surface area (Å²) in [6.07, 6.45) is -0.119. The molecule has 0 saturated carbocycles. The highest BCUT2D eigenvalue weighted by molar-refractivity contribution is 9.11. The summed E-state index contributed by atoms with van der Waals surface area (Å²) >= 11 is 6.72. The fourth-order valence-corrected chi connectivity index (χ4v) is 4.95. The van der Waals surface area contributed by atoms with E-state index in [-0.39, 0.29) is 11.0 Å². The second-order valence-electron chi connectivity index (χ2n) is 5.01. The molecule has 1 aromatic rings. The number of morpholine rings is 1. The summed E-state index contributed by atoms with van der Waals surface area (Å²) in [4.78, 5) is 0.256. The molecular weight excluding hydrogens is 424 g/mol. The maximum absolute atomic E-state index is 12.7. The first-order valence-electron chi connectivity index (χ1n) is 6.56. The van der Waals surface area contributed by atoms with Crippen LogP contribution in [0.5, 0.6) is 0 Å². The first-order chi connectivity index (χ1) is 9.82. The van der Waals surface area contributed by atoms with Gasteiger partial charge in [-0.3, -0.25) is 0 Å². The van der Waals surface area contributed by atoms with Crippen LogP contribution in [0.3, 0.4) is 0 Å². The van der Waals surface area contributed by atoms with Crippen molar-refractivity contribution in [1.82, 2.24) is 9.62 Å². The van der Waals surface area contributed by atoms with Crippen LogP contribution in [-0.2, 0) is 14.8 Å². The smallest absolute Gasteiger partial charge is 0.244 e. The Morgan fingerprint density at radius 2 is 2.10 bits per heavy atom. The van der Waals surface area contributed by atoms with Crippen LogP contribution in [0.2, 0.25) is 0 Å². The van der Waals surface area contributed by atoms with Gasteiger partial charge in [0, 0.05) is 35.6 Å². The summed E-state index contributed by atoms with van der Waals surface area (Å²) in [5.74, 6) is 0. The third-order valence-electron chi connectivity index (χ3n) is 3.37. The zero-order chi connectivity index (χ0) is 15.6. The average molecular weight is 442 g/mol. The van der Waals surface area contributed by atoms with E-state index in [1.54, 1.807) is 19.2 Å². The second-order valence-corrected chi connectivity index (χ2v) is 8.74. The van der Waals surface area contributed by atoms with Gasteiger partial charge in [-0.25, -0.2) is 8.42 Å². The van der Waals surface area contributed by atoms with Crippen LogP contribution in [0.4, 0.5) is 0 Å². The number of aryl methyl sites for hydroxylation is 1. The molecule has 0 spiro atoms. The van der Waals surface area contributed by atoms with Crippen LogP contribution in [0.15, 0.2) is 26.0 Å². The normalized spacial score (nSPS) is 20.0. The zero-order valence-electron chi connectivity index (χ0n) is 11.9. The Morgan fingerprint density at radius 1 is 1.38 bits per heavy atom. The number of nitrogens with one attached hydrogen (secondary N) is 1. The number of sulfonamides is 1. The Hall–Kier alpha value is 0.01000. The number of nitrogens with zero attached hydrogens (tertiary/aromatic N) is 1. The molecule has 1 saturated heterocycles. The van der Waals surface area contributed by atoms with Gasteiger partial charge < -0.3 is 10.1 Å². The third-order valence-corrected chi connectivity index (χ3v) is 7.00. The van der Waals surface area contributed by atoms with Crippen molar-refractivity contribution in [1.29, 1.82) is 0 Å². The lowest BCUT2D eigenvalue weighted by atomic mass is 10.2. The first kappa shape index (κ1) is 17.4. The third kappa shape index (κ3) is 4.05. The van der Waals surface area contributed by atoms with Gasteiger partial charge in [0.1, 0.15) is 0 Å². The molecule has 1 N–H and O–H groups in total. The number of rotatable bonds is 4. The number of benzene rings is 1. The molecule has 1 aliphatic heterocycles. The standard InChI is InChI=1S/C13H18Br2N2O3S/c1-9-5-12(15)13(6-11(9)14)21(18,19)17(2)8-10-7-16-3-4-20-10/h5-6,10,16H,3-4,7-8H2,1-2H3. The van der Waals surface area contributed by atoms with Gasteiger partial charge in [-0.1, -0.05) is 15.9 Å². The molecule has 0 aromatic heterocycles. The number of hydrogen-bond donors (Lipinski definition) is 1. The van der Waals surface area contributed by atoms with Crippen LogP contribution < -0.4 is 5.32 Å². The van der Waals surface area contributed by atoms with E-state index in [2.05, 4.69) is 37.2 Å². The van der Waals surface area contributed by atoms with E-state index in [1.807, 2.05) is 6.92 Å². The topological polar surface area (TPSA) is 58.6 Å². The Balaban J connectivity index is 2.22. The molecule has 8 heteroatoms. The fourth-order valence-electron chi connectivity index (χ4n) is 2.12. The lowest BCUT2D eigenvalue weighted by molar-refractivity contribution is 0.0206. The highest BCUT2D eigenvalue weighted by atomic mass is 79.9. The summed E-state index contributed by atoms with van der Waals surface area (Å²) in [7, 11) is -1.98. The lowest BCUT2D eigenvalue weighted by Crippen LogP contribution is -2.45. The SMILES string of the molecule is Cc1cc(Br)c(S(=O)(=O)N(C)CC2CNCCO2)cc1Br. The van der Waals surface area contributed by atoms with E-state index in [9.17, 15) is 8.42 Å². The molecule has 21 heavy (non-hydrogen) atoms. The van der Waals surface area contributed by atoms with Crippen LogP contribution in [-0.4, -0.2) is 52.1 Å². The zero-order valence-corrected chi connectivity index (χ0v) is 15.9. The largest absolute Gasteiger partial charge is 0.374 e. The van der Waals surface area contributed by atoms with Crippen molar-refractivity contribution >= 4 is 41.9 Å². The van der Waals surface area contributed by atoms with Gasteiger partial charge in [0.2, 0.25) is 10.0 Å². The molecule has 118 valence electrons. The second kappa shape index (κ2) is 7.06. The molecule has 1 aliphatic rings. The van der Waals surface area contributed by atoms with Crippen molar-refractivity contribution in [2.24, 2.45) is 0 Å². The van der Waals surface area contributed by atoms with Crippen LogP contribution in [0.25, 0.3) is 0 Å². The molecule has 0 bridgehead atoms. The van der Waals surface area contributed by atoms with Crippen molar-refractivity contribution in [3.8, 4) is 0 Å². The Bertz CT molecular complexity index is 616. The predicted molar refractivity (Wildman–Crippen MR) is 89.0 cm³/mol. The minimum absolute atomic E-state index is 0.119. The van der Waals surface area contributed by atoms with Crippen molar-refractivity contribution in [2.45, 2.75) is 17.9 Å². The van der Waals surface area contributed by atoms with Crippen LogP contribution in [0.1, 0.15) is 5.56 Å². The summed E-state index contributed by atoms with van der Waals surface area (Å²) in [5.41, 5.74) is 0.975. The number of likely N-dealkylation sites (N-methyl/N-ethyl adjacent to an activating group) is 1. The summed E-state index contributed by atoms with van der Waals surface area (Å²) in [5, 5.41) is 3.20. The monoisotopic (exact) mass is 440 g/mol. The quantitative estimate of drug-likeness (QED) is 0.777. The highest BCUT2D eigenvalue weighted by Gasteiger charge is 2.27. The molecule has 0 amide bonds. The van der Waals surface area contributed by atoms with Crippen molar-refractivity contribution in [2.75, 3.05) is 33.3 Å². The van der Waals surface area contributed by atoms with E-state index < -0.39 is 10.0 Å². The molecular formula is C13H18Br2N2O3S. The average Bonchev–Trinajstić information content (AvgIpc) is 2.43. The van der Waals surface area contributed by atoms with E-state index in [4.69, 9.17) is 4.74 Å².